The van der Waals surface area contributed by atoms with E-state index in [9.17, 15) is 5.11 Å². The van der Waals surface area contributed by atoms with Crippen LogP contribution >= 0.6 is 0 Å². The average molecular weight is 505 g/mol. The van der Waals surface area contributed by atoms with E-state index in [0.29, 0.717) is 35.5 Å². The third-order valence-electron chi connectivity index (χ3n) is 7.82. The summed E-state index contributed by atoms with van der Waals surface area (Å²) < 4.78 is 0. The van der Waals surface area contributed by atoms with E-state index in [0.717, 1.165) is 22.3 Å². The van der Waals surface area contributed by atoms with Crippen molar-refractivity contribution in [3.63, 3.8) is 0 Å². The summed E-state index contributed by atoms with van der Waals surface area (Å²) in [4.78, 5) is 0. The summed E-state index contributed by atoms with van der Waals surface area (Å²) in [6.07, 6.45) is 0. The molecule has 0 heterocycles. The van der Waals surface area contributed by atoms with Crippen LogP contribution in [0, 0.1) is 0 Å². The summed E-state index contributed by atoms with van der Waals surface area (Å²) in [6.45, 7) is 27.0. The Bertz CT molecular complexity index is 1090. The molecule has 0 atom stereocenters. The molecule has 0 fully saturated rings. The molecule has 1 nitrogen and oxygen atoms in total. The van der Waals surface area contributed by atoms with Crippen molar-refractivity contribution in [2.24, 2.45) is 0 Å². The molecule has 0 radical (unpaired) electrons. The second-order valence-corrected chi connectivity index (χ2v) is 12.8. The van der Waals surface area contributed by atoms with Crippen molar-refractivity contribution >= 4 is 0 Å². The van der Waals surface area contributed by atoms with E-state index >= 15 is 0 Å². The molecule has 0 aliphatic carbocycles. The van der Waals surface area contributed by atoms with Gasteiger partial charge in [0.1, 0.15) is 0 Å². The molecule has 0 aliphatic rings. The molecule has 38 heavy (non-hydrogen) atoms. The van der Waals surface area contributed by atoms with E-state index in [2.05, 4.69) is 126 Å². The molecule has 2 heteroatoms. The Morgan fingerprint density at radius 1 is 0.447 bits per heavy atom. The van der Waals surface area contributed by atoms with Gasteiger partial charge >= 0.3 is 18.9 Å². The van der Waals surface area contributed by atoms with Crippen LogP contribution in [0.1, 0.15) is 152 Å². The van der Waals surface area contributed by atoms with Crippen molar-refractivity contribution in [3.8, 4) is 28.0 Å². The molecular weight excluding hydrogens is 455 g/mol. The molecule has 0 aromatic heterocycles. The molecule has 0 spiro atoms. The van der Waals surface area contributed by atoms with Crippen LogP contribution in [-0.2, 0) is 0 Å². The van der Waals surface area contributed by atoms with Gasteiger partial charge in [-0.25, -0.2) is 0 Å². The van der Waals surface area contributed by atoms with Gasteiger partial charge in [-0.05, 0) is 91.1 Å². The van der Waals surface area contributed by atoms with Crippen LogP contribution in [0.2, 0.25) is 0 Å². The van der Waals surface area contributed by atoms with E-state index in [1.54, 1.807) is 0 Å². The fourth-order valence-electron chi connectivity index (χ4n) is 5.46. The zero-order chi connectivity index (χ0) is 27.8. The normalized spacial score (nSPS) is 11.9. The van der Waals surface area contributed by atoms with Gasteiger partial charge in [-0.2, -0.15) is 0 Å². The third-order valence-corrected chi connectivity index (χ3v) is 7.82. The van der Waals surface area contributed by atoms with E-state index in [-0.39, 0.29) is 24.6 Å². The van der Waals surface area contributed by atoms with Gasteiger partial charge in [-0.3, -0.25) is 0 Å². The summed E-state index contributed by atoms with van der Waals surface area (Å²) in [5.74, 6) is 2.38. The third kappa shape index (κ3) is 6.43. The molecule has 0 unspecified atom stereocenters. The molecule has 0 aliphatic heterocycles. The van der Waals surface area contributed by atoms with Gasteiger partial charge in [-0.15, -0.1) is 0 Å². The summed E-state index contributed by atoms with van der Waals surface area (Å²) >= 11 is 0. The van der Waals surface area contributed by atoms with Gasteiger partial charge in [0.15, 0.2) is 0 Å². The molecule has 0 amide bonds. The molecule has 200 valence electrons. The van der Waals surface area contributed by atoms with Gasteiger partial charge in [0.25, 0.3) is 0 Å². The number of hydrogen-bond acceptors (Lipinski definition) is 1. The summed E-state index contributed by atoms with van der Waals surface area (Å²) in [7, 11) is 0. The predicted molar refractivity (Wildman–Crippen MR) is 161 cm³/mol. The van der Waals surface area contributed by atoms with E-state index in [4.69, 9.17) is 0 Å². The van der Waals surface area contributed by atoms with E-state index in [1.165, 1.54) is 33.4 Å². The van der Waals surface area contributed by atoms with Crippen LogP contribution < -0.4 is 24.0 Å². The fraction of sp³-hybridized carbons (Fsp3) is 0.500. The Morgan fingerprint density at radius 2 is 0.711 bits per heavy atom. The van der Waals surface area contributed by atoms with Crippen LogP contribution in [0.3, 0.4) is 0 Å². The quantitative estimate of drug-likeness (QED) is 0.287. The molecule has 3 rings (SSSR count). The molecule has 0 saturated carbocycles. The number of para-hydroxylation sites is 1. The van der Waals surface area contributed by atoms with Gasteiger partial charge in [-0.1, -0.05) is 131 Å². The van der Waals surface area contributed by atoms with Gasteiger partial charge in [0.2, 0.25) is 0 Å². The Balaban J connectivity index is 0.00000507. The Labute approximate surface area is 245 Å². The average Bonchev–Trinajstić information content (AvgIpc) is 2.82. The zero-order valence-corrected chi connectivity index (χ0v) is 26.4. The maximum Gasteiger partial charge on any atom is 1.00 e. The zero-order valence-electron chi connectivity index (χ0n) is 26.4. The Hall–Kier alpha value is -1.94. The molecule has 0 N–H and O–H groups in total. The fourth-order valence-corrected chi connectivity index (χ4v) is 5.46. The van der Waals surface area contributed by atoms with Gasteiger partial charge < -0.3 is 5.11 Å². The Kier molecular flexibility index (Phi) is 11.0. The van der Waals surface area contributed by atoms with Crippen molar-refractivity contribution in [1.29, 1.82) is 0 Å². The summed E-state index contributed by atoms with van der Waals surface area (Å²) in [5, 5.41) is 14.5. The first-order valence-corrected chi connectivity index (χ1v) is 14.4. The standard InChI is InChI=1S/C36H50O.Li/c1-20(2)26-16-30(22(5)6)34(31(17-26)23(7)8)28-14-13-15-29(36(28)37)35-32(24(9)10)18-27(21(3)4)19-33(35)25(11)12;/h13-25,37H,1-12H3;/q;+1/p-1. The van der Waals surface area contributed by atoms with Crippen molar-refractivity contribution in [2.45, 2.75) is 119 Å². The van der Waals surface area contributed by atoms with Crippen molar-refractivity contribution in [3.05, 3.63) is 75.8 Å². The minimum atomic E-state index is 0. The van der Waals surface area contributed by atoms with Crippen LogP contribution in [0.15, 0.2) is 42.5 Å². The maximum absolute atomic E-state index is 14.5. The largest absolute Gasteiger partial charge is 1.00 e. The summed E-state index contributed by atoms with van der Waals surface area (Å²) in [6, 6.07) is 15.6. The first-order valence-electron chi connectivity index (χ1n) is 14.4. The van der Waals surface area contributed by atoms with Gasteiger partial charge in [0.05, 0.1) is 0 Å². The number of rotatable bonds is 8. The van der Waals surface area contributed by atoms with Crippen molar-refractivity contribution in [2.75, 3.05) is 0 Å². The van der Waals surface area contributed by atoms with Crippen molar-refractivity contribution < 1.29 is 24.0 Å². The number of hydrogen-bond donors (Lipinski definition) is 0. The number of benzene rings is 3. The topological polar surface area (TPSA) is 23.1 Å². The molecule has 3 aromatic carbocycles. The molecule has 0 saturated heterocycles. The second kappa shape index (κ2) is 12.9. The van der Waals surface area contributed by atoms with E-state index in [1.807, 2.05) is 0 Å². The molecule has 0 bridgehead atoms. The van der Waals surface area contributed by atoms with E-state index < -0.39 is 0 Å². The smallest absolute Gasteiger partial charge is 0.872 e. The van der Waals surface area contributed by atoms with Crippen LogP contribution in [0.25, 0.3) is 22.3 Å². The predicted octanol–water partition coefficient (Wildman–Crippen LogP) is 7.84. The minimum Gasteiger partial charge on any atom is -0.872 e. The SMILES string of the molecule is CC(C)c1cc(C(C)C)c(-c2cccc(-c3c(C(C)C)cc(C(C)C)cc3C(C)C)c2[O-])c(C(C)C)c1.[Li+]. The summed E-state index contributed by atoms with van der Waals surface area (Å²) in [5.41, 5.74) is 11.8. The first kappa shape index (κ1) is 32.3. The van der Waals surface area contributed by atoms with Crippen LogP contribution in [0.4, 0.5) is 0 Å². The minimum absolute atomic E-state index is 0. The van der Waals surface area contributed by atoms with Crippen LogP contribution in [-0.4, -0.2) is 0 Å². The van der Waals surface area contributed by atoms with Crippen LogP contribution in [0.5, 0.6) is 5.75 Å². The van der Waals surface area contributed by atoms with Crippen molar-refractivity contribution in [1.82, 2.24) is 0 Å². The first-order chi connectivity index (χ1) is 17.3. The van der Waals surface area contributed by atoms with Gasteiger partial charge in [0, 0.05) is 0 Å². The maximum atomic E-state index is 14.5. The Morgan fingerprint density at radius 3 is 0.921 bits per heavy atom. The molecular formula is C36H49LiO. The second-order valence-electron chi connectivity index (χ2n) is 12.8. The monoisotopic (exact) mass is 504 g/mol. The molecule has 3 aromatic rings.